The second-order valence-electron chi connectivity index (χ2n) is 3.55. The number of hydrogen-bond acceptors (Lipinski definition) is 6. The van der Waals surface area contributed by atoms with Crippen molar-refractivity contribution in [2.75, 3.05) is 13.2 Å². The van der Waals surface area contributed by atoms with E-state index in [1.807, 2.05) is 0 Å². The number of benzene rings is 1. The minimum absolute atomic E-state index is 0.0200. The number of non-ortho nitro benzene ring substituents is 1. The van der Waals surface area contributed by atoms with Crippen LogP contribution >= 0.6 is 0 Å². The van der Waals surface area contributed by atoms with Gasteiger partial charge in [-0.3, -0.25) is 15.8 Å². The fourth-order valence-corrected chi connectivity index (χ4v) is 1.25. The highest BCUT2D eigenvalue weighted by Gasteiger charge is 2.26. The molecule has 0 amide bonds. The fraction of sp³-hybridized carbons (Fsp3) is 0.400. The molecule has 7 nitrogen and oxygen atoms in total. The molecule has 0 saturated carbocycles. The third-order valence-corrected chi connectivity index (χ3v) is 2.15. The average molecular weight is 242 g/mol. The summed E-state index contributed by atoms with van der Waals surface area (Å²) in [4.78, 5) is 9.98. The molecule has 0 spiro atoms. The molecule has 1 atom stereocenters. The predicted molar refractivity (Wildman–Crippen MR) is 59.4 cm³/mol. The van der Waals surface area contributed by atoms with Gasteiger partial charge in [0.25, 0.3) is 5.69 Å². The molecule has 0 aliphatic heterocycles. The first-order valence-electron chi connectivity index (χ1n) is 4.95. The Labute approximate surface area is 97.6 Å². The smallest absolute Gasteiger partial charge is 0.273 e. The quantitative estimate of drug-likeness (QED) is 0.367. The largest absolute Gasteiger partial charge is 0.470 e. The minimum Gasteiger partial charge on any atom is -0.470 e. The van der Waals surface area contributed by atoms with Gasteiger partial charge in [0.15, 0.2) is 5.72 Å². The molecule has 0 aliphatic carbocycles. The molecule has 1 unspecified atom stereocenters. The zero-order valence-corrected chi connectivity index (χ0v) is 9.07. The molecule has 0 bridgehead atoms. The van der Waals surface area contributed by atoms with Gasteiger partial charge in [-0.1, -0.05) is 6.07 Å². The Morgan fingerprint density at radius 1 is 1.47 bits per heavy atom. The zero-order valence-electron chi connectivity index (χ0n) is 9.07. The predicted octanol–water partition coefficient (Wildman–Crippen LogP) is 0.00330. The summed E-state index contributed by atoms with van der Waals surface area (Å²) in [6.45, 7) is -0.762. The molecule has 0 aromatic heterocycles. The van der Waals surface area contributed by atoms with Gasteiger partial charge in [0.1, 0.15) is 5.75 Å². The summed E-state index contributed by atoms with van der Waals surface area (Å²) in [5, 5.41) is 28.4. The Morgan fingerprint density at radius 3 is 2.71 bits per heavy atom. The van der Waals surface area contributed by atoms with Crippen molar-refractivity contribution in [1.82, 2.24) is 0 Å². The van der Waals surface area contributed by atoms with E-state index in [9.17, 15) is 10.1 Å². The van der Waals surface area contributed by atoms with Crippen molar-refractivity contribution in [3.05, 3.63) is 34.4 Å². The lowest BCUT2D eigenvalue weighted by molar-refractivity contribution is -0.385. The van der Waals surface area contributed by atoms with Crippen molar-refractivity contribution < 1.29 is 19.9 Å². The van der Waals surface area contributed by atoms with Crippen molar-refractivity contribution in [2.45, 2.75) is 12.1 Å². The normalized spacial score (nSPS) is 14.1. The van der Waals surface area contributed by atoms with Gasteiger partial charge in [0.05, 0.1) is 17.6 Å². The van der Waals surface area contributed by atoms with Gasteiger partial charge in [-0.15, -0.1) is 0 Å². The van der Waals surface area contributed by atoms with Crippen LogP contribution in [0.25, 0.3) is 0 Å². The van der Waals surface area contributed by atoms with Crippen LogP contribution in [0.2, 0.25) is 0 Å². The molecule has 4 N–H and O–H groups in total. The Kier molecular flexibility index (Phi) is 4.38. The minimum atomic E-state index is -1.44. The molecule has 1 rings (SSSR count). The molecule has 94 valence electrons. The Bertz CT molecular complexity index is 398. The fourth-order valence-electron chi connectivity index (χ4n) is 1.25. The number of rotatable bonds is 6. The lowest BCUT2D eigenvalue weighted by Crippen LogP contribution is -2.50. The number of nitrogens with two attached hydrogens (primary N) is 1. The number of nitro groups is 1. The summed E-state index contributed by atoms with van der Waals surface area (Å²) < 4.78 is 5.25. The topological polar surface area (TPSA) is 119 Å². The average Bonchev–Trinajstić information content (AvgIpc) is 2.29. The van der Waals surface area contributed by atoms with Crippen molar-refractivity contribution >= 4 is 5.69 Å². The molecular weight excluding hydrogens is 228 g/mol. The molecule has 1 aromatic rings. The van der Waals surface area contributed by atoms with Gasteiger partial charge in [0, 0.05) is 19.1 Å². The van der Waals surface area contributed by atoms with E-state index < -0.39 is 17.3 Å². The van der Waals surface area contributed by atoms with Crippen molar-refractivity contribution in [1.29, 1.82) is 0 Å². The van der Waals surface area contributed by atoms with Crippen LogP contribution in [0.15, 0.2) is 24.3 Å². The highest BCUT2D eigenvalue weighted by molar-refractivity contribution is 5.38. The van der Waals surface area contributed by atoms with E-state index >= 15 is 0 Å². The maximum atomic E-state index is 10.5. The van der Waals surface area contributed by atoms with Crippen molar-refractivity contribution in [2.24, 2.45) is 5.73 Å². The molecule has 0 heterocycles. The standard InChI is InChI=1S/C10H14N2O5/c11-10(7-14,4-5-13)17-9-3-1-2-8(6-9)12(15)16/h1-3,6,13-14H,4-5,7,11H2. The third-order valence-electron chi connectivity index (χ3n) is 2.15. The first-order chi connectivity index (χ1) is 8.00. The van der Waals surface area contributed by atoms with E-state index in [-0.39, 0.29) is 24.5 Å². The third kappa shape index (κ3) is 3.66. The van der Waals surface area contributed by atoms with Crippen LogP contribution in [0.5, 0.6) is 5.75 Å². The second-order valence-corrected chi connectivity index (χ2v) is 3.55. The Balaban J connectivity index is 2.86. The molecule has 0 saturated heterocycles. The maximum absolute atomic E-state index is 10.5. The van der Waals surface area contributed by atoms with E-state index in [2.05, 4.69) is 0 Å². The van der Waals surface area contributed by atoms with Gasteiger partial charge in [-0.2, -0.15) is 0 Å². The maximum Gasteiger partial charge on any atom is 0.273 e. The first kappa shape index (κ1) is 13.4. The number of nitro benzene ring substituents is 1. The molecule has 0 radical (unpaired) electrons. The second kappa shape index (κ2) is 5.58. The first-order valence-corrected chi connectivity index (χ1v) is 4.95. The van der Waals surface area contributed by atoms with Crippen LogP contribution in [-0.4, -0.2) is 34.1 Å². The molecule has 1 aromatic carbocycles. The van der Waals surface area contributed by atoms with Crippen LogP contribution in [0, 0.1) is 10.1 Å². The number of aliphatic hydroxyl groups is 2. The van der Waals surface area contributed by atoms with Gasteiger partial charge >= 0.3 is 0 Å². The number of nitrogens with zero attached hydrogens (tertiary/aromatic N) is 1. The van der Waals surface area contributed by atoms with Crippen LogP contribution in [0.4, 0.5) is 5.69 Å². The summed E-state index contributed by atoms with van der Waals surface area (Å²) in [6.07, 6.45) is 0.0200. The van der Waals surface area contributed by atoms with E-state index in [1.165, 1.54) is 24.3 Å². The van der Waals surface area contributed by atoms with Crippen LogP contribution in [0.3, 0.4) is 0 Å². The van der Waals surface area contributed by atoms with E-state index in [4.69, 9.17) is 20.7 Å². The van der Waals surface area contributed by atoms with Crippen LogP contribution < -0.4 is 10.5 Å². The van der Waals surface area contributed by atoms with Crippen molar-refractivity contribution in [3.63, 3.8) is 0 Å². The summed E-state index contributed by atoms with van der Waals surface area (Å²) in [6, 6.07) is 5.45. The van der Waals surface area contributed by atoms with Crippen LogP contribution in [0.1, 0.15) is 6.42 Å². The molecular formula is C10H14N2O5. The number of hydrogen-bond donors (Lipinski definition) is 3. The highest BCUT2D eigenvalue weighted by atomic mass is 16.6. The van der Waals surface area contributed by atoms with Gasteiger partial charge in [0.2, 0.25) is 0 Å². The van der Waals surface area contributed by atoms with Gasteiger partial charge < -0.3 is 14.9 Å². The molecule has 7 heteroatoms. The Morgan fingerprint density at radius 2 is 2.18 bits per heavy atom. The summed E-state index contributed by atoms with van der Waals surface area (Å²) >= 11 is 0. The zero-order chi connectivity index (χ0) is 12.9. The van der Waals surface area contributed by atoms with Crippen LogP contribution in [-0.2, 0) is 0 Å². The van der Waals surface area contributed by atoms with E-state index in [0.29, 0.717) is 0 Å². The number of ether oxygens (including phenoxy) is 1. The van der Waals surface area contributed by atoms with E-state index in [0.717, 1.165) is 0 Å². The lowest BCUT2D eigenvalue weighted by Gasteiger charge is -2.27. The Hall–Kier alpha value is -1.70. The monoisotopic (exact) mass is 242 g/mol. The molecule has 0 aliphatic rings. The number of aliphatic hydroxyl groups excluding tert-OH is 2. The van der Waals surface area contributed by atoms with Crippen molar-refractivity contribution in [3.8, 4) is 5.75 Å². The summed E-state index contributed by atoms with van der Waals surface area (Å²) in [7, 11) is 0. The summed E-state index contributed by atoms with van der Waals surface area (Å²) in [5.41, 5.74) is 4.09. The van der Waals surface area contributed by atoms with E-state index in [1.54, 1.807) is 0 Å². The molecule has 0 fully saturated rings. The lowest BCUT2D eigenvalue weighted by atomic mass is 10.2. The highest BCUT2D eigenvalue weighted by Crippen LogP contribution is 2.22. The molecule has 17 heavy (non-hydrogen) atoms. The SMILES string of the molecule is NC(CO)(CCO)Oc1cccc([N+](=O)[O-])c1. The summed E-state index contributed by atoms with van der Waals surface area (Å²) in [5.74, 6) is 0.171. The van der Waals surface area contributed by atoms with Gasteiger partial charge in [-0.25, -0.2) is 0 Å². The van der Waals surface area contributed by atoms with Gasteiger partial charge in [-0.05, 0) is 6.07 Å².